The van der Waals surface area contributed by atoms with E-state index in [2.05, 4.69) is 0 Å². The first kappa shape index (κ1) is 18.5. The van der Waals surface area contributed by atoms with Gasteiger partial charge in [-0.15, -0.1) is 11.8 Å². The molecule has 2 aromatic carbocycles. The molecule has 1 aliphatic heterocycles. The maximum atomic E-state index is 13.4. The zero-order valence-electron chi connectivity index (χ0n) is 14.4. The van der Waals surface area contributed by atoms with Gasteiger partial charge in [-0.3, -0.25) is 9.59 Å². The van der Waals surface area contributed by atoms with Crippen molar-refractivity contribution < 1.29 is 18.4 Å². The average Bonchev–Trinajstić information content (AvgIpc) is 3.27. The first-order chi connectivity index (χ1) is 13.5. The number of thioether (sulfide) groups is 1. The van der Waals surface area contributed by atoms with Crippen molar-refractivity contribution in [1.29, 1.82) is 0 Å². The second-order valence-electron chi connectivity index (χ2n) is 6.00. The quantitative estimate of drug-likeness (QED) is 0.533. The number of carbonyl (C=O) groups excluding carboxylic acids is 2. The first-order valence-electron chi connectivity index (χ1n) is 8.34. The van der Waals surface area contributed by atoms with Crippen LogP contribution in [0.4, 0.5) is 10.1 Å². The van der Waals surface area contributed by atoms with Crippen LogP contribution in [0.25, 0.3) is 5.57 Å². The Balaban J connectivity index is 1.76. The summed E-state index contributed by atoms with van der Waals surface area (Å²) in [5, 5.41) is 0.415. The zero-order chi connectivity index (χ0) is 19.7. The van der Waals surface area contributed by atoms with E-state index in [0.29, 0.717) is 27.8 Å². The molecule has 0 saturated carbocycles. The minimum atomic E-state index is -0.471. The molecule has 0 atom stereocenters. The van der Waals surface area contributed by atoms with E-state index in [4.69, 9.17) is 16.0 Å². The van der Waals surface area contributed by atoms with Gasteiger partial charge in [0, 0.05) is 5.02 Å². The molecular weight excluding hydrogens is 401 g/mol. The molecule has 0 aliphatic carbocycles. The number of hydrogen-bond donors (Lipinski definition) is 0. The van der Waals surface area contributed by atoms with Crippen LogP contribution in [0.1, 0.15) is 11.3 Å². The highest BCUT2D eigenvalue weighted by molar-refractivity contribution is 8.03. The molecule has 4 nitrogen and oxygen atoms in total. The number of imide groups is 1. The number of carbonyl (C=O) groups is 2. The van der Waals surface area contributed by atoms with Crippen LogP contribution in [0.5, 0.6) is 0 Å². The van der Waals surface area contributed by atoms with Gasteiger partial charge in [-0.25, -0.2) is 9.29 Å². The fourth-order valence-electron chi connectivity index (χ4n) is 2.90. The van der Waals surface area contributed by atoms with Crippen LogP contribution in [0, 0.1) is 5.82 Å². The molecule has 28 heavy (non-hydrogen) atoms. The molecule has 2 amide bonds. The number of nitrogens with zero attached hydrogens (tertiary/aromatic N) is 1. The monoisotopic (exact) mass is 413 g/mol. The summed E-state index contributed by atoms with van der Waals surface area (Å²) in [5.41, 5.74) is 1.10. The molecule has 0 saturated heterocycles. The van der Waals surface area contributed by atoms with Crippen molar-refractivity contribution in [1.82, 2.24) is 0 Å². The highest BCUT2D eigenvalue weighted by Crippen LogP contribution is 2.40. The molecule has 1 aromatic heterocycles. The van der Waals surface area contributed by atoms with Gasteiger partial charge >= 0.3 is 0 Å². The van der Waals surface area contributed by atoms with Crippen LogP contribution in [0.15, 0.2) is 76.2 Å². The Morgan fingerprint density at radius 3 is 2.46 bits per heavy atom. The predicted octanol–water partition coefficient (Wildman–Crippen LogP) is 5.29. The second-order valence-corrected chi connectivity index (χ2v) is 7.43. The fraction of sp³-hybridized carbons (Fsp3) is 0.0476. The van der Waals surface area contributed by atoms with Crippen molar-refractivity contribution in [2.24, 2.45) is 0 Å². The highest BCUT2D eigenvalue weighted by Gasteiger charge is 2.40. The highest BCUT2D eigenvalue weighted by atomic mass is 35.5. The molecule has 140 valence electrons. The van der Waals surface area contributed by atoms with E-state index in [9.17, 15) is 14.0 Å². The summed E-state index contributed by atoms with van der Waals surface area (Å²) in [6.45, 7) is 0. The van der Waals surface area contributed by atoms with E-state index in [-0.39, 0.29) is 10.5 Å². The summed E-state index contributed by atoms with van der Waals surface area (Å²) in [7, 11) is 0. The Labute approximate surface area is 169 Å². The lowest BCUT2D eigenvalue weighted by Crippen LogP contribution is -2.31. The molecule has 3 aromatic rings. The molecule has 7 heteroatoms. The van der Waals surface area contributed by atoms with Crippen molar-refractivity contribution in [2.75, 3.05) is 4.90 Å². The van der Waals surface area contributed by atoms with Gasteiger partial charge in [0.1, 0.15) is 11.6 Å². The van der Waals surface area contributed by atoms with E-state index in [1.165, 1.54) is 36.0 Å². The Morgan fingerprint density at radius 1 is 1.00 bits per heavy atom. The first-order valence-corrected chi connectivity index (χ1v) is 9.70. The van der Waals surface area contributed by atoms with Crippen molar-refractivity contribution in [3.8, 4) is 0 Å². The maximum Gasteiger partial charge on any atom is 0.272 e. The number of halogens is 2. The Kier molecular flexibility index (Phi) is 5.07. The molecule has 0 N–H and O–H groups in total. The summed E-state index contributed by atoms with van der Waals surface area (Å²) >= 11 is 7.24. The largest absolute Gasteiger partial charge is 0.468 e. The summed E-state index contributed by atoms with van der Waals surface area (Å²) in [4.78, 5) is 27.7. The van der Waals surface area contributed by atoms with E-state index < -0.39 is 17.6 Å². The number of rotatable bonds is 5. The third-order valence-corrected chi connectivity index (χ3v) is 5.51. The minimum Gasteiger partial charge on any atom is -0.468 e. The summed E-state index contributed by atoms with van der Waals surface area (Å²) in [6.07, 6.45) is 1.55. The topological polar surface area (TPSA) is 50.5 Å². The fourth-order valence-corrected chi connectivity index (χ4v) is 4.10. The van der Waals surface area contributed by atoms with Crippen LogP contribution in [0.2, 0.25) is 5.02 Å². The van der Waals surface area contributed by atoms with Crippen LogP contribution in [-0.2, 0) is 15.3 Å². The Morgan fingerprint density at radius 2 is 1.79 bits per heavy atom. The van der Waals surface area contributed by atoms with Crippen LogP contribution < -0.4 is 4.90 Å². The lowest BCUT2D eigenvalue weighted by molar-refractivity contribution is -0.119. The van der Waals surface area contributed by atoms with Crippen LogP contribution in [0.3, 0.4) is 0 Å². The summed E-state index contributed by atoms with van der Waals surface area (Å²) in [5.74, 6) is -0.269. The average molecular weight is 414 g/mol. The van der Waals surface area contributed by atoms with Gasteiger partial charge in [-0.05, 0) is 48.0 Å². The molecule has 0 unspecified atom stereocenters. The second kappa shape index (κ2) is 7.66. The number of amides is 2. The lowest BCUT2D eigenvalue weighted by Gasteiger charge is -2.15. The molecular formula is C21H13ClFNO3S. The molecule has 0 spiro atoms. The number of anilines is 1. The van der Waals surface area contributed by atoms with E-state index >= 15 is 0 Å². The number of hydrogen-bond acceptors (Lipinski definition) is 4. The predicted molar refractivity (Wildman–Crippen MR) is 107 cm³/mol. The number of furan rings is 1. The third-order valence-electron chi connectivity index (χ3n) is 4.18. The van der Waals surface area contributed by atoms with E-state index in [0.717, 1.165) is 4.90 Å². The zero-order valence-corrected chi connectivity index (χ0v) is 16.0. The van der Waals surface area contributed by atoms with Gasteiger partial charge in [0.05, 0.1) is 28.2 Å². The van der Waals surface area contributed by atoms with Crippen molar-refractivity contribution in [2.45, 2.75) is 5.75 Å². The third kappa shape index (κ3) is 3.48. The summed E-state index contributed by atoms with van der Waals surface area (Å²) in [6, 6.07) is 15.6. The van der Waals surface area contributed by atoms with E-state index in [1.54, 1.807) is 42.7 Å². The normalized spacial score (nSPS) is 14.3. The molecule has 4 rings (SSSR count). The SMILES string of the molecule is O=C1C(SCc2ccco2)=C(c2ccc(F)cc2)C(=O)N1c1cccc(Cl)c1. The van der Waals surface area contributed by atoms with Gasteiger partial charge in [0.25, 0.3) is 11.8 Å². The molecule has 1 aliphatic rings. The summed E-state index contributed by atoms with van der Waals surface area (Å²) < 4.78 is 18.7. The Hall–Kier alpha value is -2.83. The van der Waals surface area contributed by atoms with E-state index in [1.807, 2.05) is 0 Å². The molecule has 0 bridgehead atoms. The van der Waals surface area contributed by atoms with Gasteiger partial charge in [0.15, 0.2) is 0 Å². The molecule has 0 radical (unpaired) electrons. The standard InChI is InChI=1S/C21H13ClFNO3S/c22-14-3-1-4-16(11-14)24-20(25)18(13-6-8-15(23)9-7-13)19(21(24)26)28-12-17-5-2-10-27-17/h1-11H,12H2. The smallest absolute Gasteiger partial charge is 0.272 e. The molecule has 0 fully saturated rings. The van der Waals surface area contributed by atoms with Crippen molar-refractivity contribution in [3.05, 3.63) is 94.0 Å². The van der Waals surface area contributed by atoms with Gasteiger partial charge in [-0.1, -0.05) is 29.8 Å². The number of benzene rings is 2. The van der Waals surface area contributed by atoms with Gasteiger partial charge < -0.3 is 4.42 Å². The van der Waals surface area contributed by atoms with Gasteiger partial charge in [0.2, 0.25) is 0 Å². The van der Waals surface area contributed by atoms with Crippen molar-refractivity contribution in [3.63, 3.8) is 0 Å². The maximum absolute atomic E-state index is 13.4. The minimum absolute atomic E-state index is 0.238. The lowest BCUT2D eigenvalue weighted by atomic mass is 10.1. The van der Waals surface area contributed by atoms with Crippen LogP contribution in [-0.4, -0.2) is 11.8 Å². The van der Waals surface area contributed by atoms with Crippen molar-refractivity contribution >= 4 is 46.4 Å². The van der Waals surface area contributed by atoms with Gasteiger partial charge in [-0.2, -0.15) is 0 Å². The molecule has 2 heterocycles. The van der Waals surface area contributed by atoms with Crippen LogP contribution >= 0.6 is 23.4 Å². The Bertz CT molecular complexity index is 1080.